The fraction of sp³-hybridized carbons (Fsp3) is 0.333. The van der Waals surface area contributed by atoms with Gasteiger partial charge in [-0.2, -0.15) is 5.26 Å². The predicted octanol–water partition coefficient (Wildman–Crippen LogP) is 3.38. The van der Waals surface area contributed by atoms with Crippen molar-refractivity contribution >= 4 is 11.6 Å². The molecule has 1 aliphatic heterocycles. The third-order valence-electron chi connectivity index (χ3n) is 4.02. The largest absolute Gasteiger partial charge is 0.403 e. The van der Waals surface area contributed by atoms with Crippen molar-refractivity contribution in [1.29, 1.82) is 5.26 Å². The number of carbonyl (C=O) groups is 1. The summed E-state index contributed by atoms with van der Waals surface area (Å²) in [6.07, 6.45) is 6.33. The van der Waals surface area contributed by atoms with Gasteiger partial charge in [0.05, 0.1) is 17.7 Å². The van der Waals surface area contributed by atoms with E-state index in [1.54, 1.807) is 24.5 Å². The van der Waals surface area contributed by atoms with E-state index in [9.17, 15) is 4.79 Å². The molecule has 1 atom stereocenters. The third-order valence-corrected chi connectivity index (χ3v) is 4.02. The van der Waals surface area contributed by atoms with E-state index in [1.807, 2.05) is 17.9 Å². The molecule has 5 heteroatoms. The minimum Gasteiger partial charge on any atom is -0.403 e. The zero-order valence-corrected chi connectivity index (χ0v) is 13.4. The van der Waals surface area contributed by atoms with Gasteiger partial charge in [-0.25, -0.2) is 0 Å². The number of nitrogens with zero attached hydrogens (tertiary/aromatic N) is 2. The molecule has 0 saturated carbocycles. The zero-order valence-electron chi connectivity index (χ0n) is 13.4. The third kappa shape index (κ3) is 3.54. The second-order valence-electron chi connectivity index (χ2n) is 5.51. The van der Waals surface area contributed by atoms with Gasteiger partial charge in [-0.3, -0.25) is 4.79 Å². The second-order valence-corrected chi connectivity index (χ2v) is 5.51. The maximum atomic E-state index is 12.0. The average Bonchev–Trinajstić information content (AvgIpc) is 2.97. The molecular weight excluding hydrogens is 288 g/mol. The minimum absolute atomic E-state index is 0.0402. The molecular formula is C18H22N4O. The molecule has 0 aromatic heterocycles. The van der Waals surface area contributed by atoms with Crippen molar-refractivity contribution in [2.24, 2.45) is 5.73 Å². The van der Waals surface area contributed by atoms with Crippen LogP contribution in [0.4, 0.5) is 5.69 Å². The van der Waals surface area contributed by atoms with Crippen molar-refractivity contribution in [3.8, 4) is 6.07 Å². The Bertz CT molecular complexity index is 672. The predicted molar refractivity (Wildman–Crippen MR) is 91.0 cm³/mol. The van der Waals surface area contributed by atoms with E-state index in [0.717, 1.165) is 30.5 Å². The highest BCUT2D eigenvalue weighted by Gasteiger charge is 2.29. The number of anilines is 1. The molecule has 0 radical (unpaired) electrons. The van der Waals surface area contributed by atoms with Crippen molar-refractivity contribution in [3.63, 3.8) is 0 Å². The monoisotopic (exact) mass is 310 g/mol. The number of hydrogen-bond donors (Lipinski definition) is 2. The molecule has 1 fully saturated rings. The van der Waals surface area contributed by atoms with Crippen LogP contribution < -0.4 is 11.1 Å². The first-order valence-corrected chi connectivity index (χ1v) is 7.80. The Balaban J connectivity index is 2.39. The van der Waals surface area contributed by atoms with E-state index in [1.165, 1.54) is 0 Å². The van der Waals surface area contributed by atoms with Gasteiger partial charge in [0.15, 0.2) is 0 Å². The summed E-state index contributed by atoms with van der Waals surface area (Å²) in [5.74, 6) is -0.0402. The molecule has 1 heterocycles. The highest BCUT2D eigenvalue weighted by molar-refractivity contribution is 5.91. The van der Waals surface area contributed by atoms with Crippen LogP contribution in [-0.4, -0.2) is 10.8 Å². The van der Waals surface area contributed by atoms with Crippen molar-refractivity contribution < 1.29 is 4.79 Å². The topological polar surface area (TPSA) is 82.2 Å². The summed E-state index contributed by atoms with van der Waals surface area (Å²) in [4.78, 5) is 14.0. The first-order chi connectivity index (χ1) is 11.1. The Morgan fingerprint density at radius 3 is 3.00 bits per heavy atom. The van der Waals surface area contributed by atoms with Gasteiger partial charge in [0.2, 0.25) is 5.91 Å². The lowest BCUT2D eigenvalue weighted by Gasteiger charge is -2.26. The van der Waals surface area contributed by atoms with Crippen LogP contribution in [0.2, 0.25) is 0 Å². The first-order valence-electron chi connectivity index (χ1n) is 7.80. The van der Waals surface area contributed by atoms with E-state index >= 15 is 0 Å². The highest BCUT2D eigenvalue weighted by Crippen LogP contribution is 2.41. The van der Waals surface area contributed by atoms with Crippen LogP contribution in [0, 0.1) is 11.3 Å². The number of allylic oxidation sites excluding steroid dienone is 1. The molecule has 23 heavy (non-hydrogen) atoms. The van der Waals surface area contributed by atoms with Gasteiger partial charge in [-0.1, -0.05) is 19.6 Å². The van der Waals surface area contributed by atoms with Gasteiger partial charge in [-0.15, -0.1) is 0 Å². The van der Waals surface area contributed by atoms with Crippen molar-refractivity contribution in [2.75, 3.05) is 5.32 Å². The van der Waals surface area contributed by atoms with Gasteiger partial charge in [0.25, 0.3) is 0 Å². The molecule has 2 rings (SSSR count). The van der Waals surface area contributed by atoms with Crippen molar-refractivity contribution in [2.45, 2.75) is 38.6 Å². The van der Waals surface area contributed by atoms with Crippen LogP contribution in [-0.2, 0) is 4.79 Å². The summed E-state index contributed by atoms with van der Waals surface area (Å²) in [5, 5.41) is 12.1. The summed E-state index contributed by atoms with van der Waals surface area (Å²) in [6.45, 7) is 5.82. The maximum Gasteiger partial charge on any atom is 0.224 e. The van der Waals surface area contributed by atoms with Crippen molar-refractivity contribution in [3.05, 3.63) is 54.0 Å². The number of benzene rings is 1. The number of rotatable bonds is 5. The van der Waals surface area contributed by atoms with Gasteiger partial charge in [0, 0.05) is 24.0 Å². The Kier molecular flexibility index (Phi) is 5.42. The van der Waals surface area contributed by atoms with Crippen LogP contribution in [0.1, 0.15) is 49.8 Å². The SMILES string of the molecule is C=CN1/C(=C\N)CCC1c1ccc(C#N)cc1NC(=O)CCC. The first kappa shape index (κ1) is 16.6. The van der Waals surface area contributed by atoms with Gasteiger partial charge in [0.1, 0.15) is 0 Å². The lowest BCUT2D eigenvalue weighted by atomic mass is 10.00. The molecule has 1 aromatic carbocycles. The smallest absolute Gasteiger partial charge is 0.224 e. The van der Waals surface area contributed by atoms with E-state index < -0.39 is 0 Å². The van der Waals surface area contributed by atoms with Crippen LogP contribution in [0.3, 0.4) is 0 Å². The summed E-state index contributed by atoms with van der Waals surface area (Å²) in [6, 6.07) is 7.59. The van der Waals surface area contributed by atoms with Gasteiger partial charge in [-0.05, 0) is 43.2 Å². The lowest BCUT2D eigenvalue weighted by Crippen LogP contribution is -2.19. The average molecular weight is 310 g/mol. The van der Waals surface area contributed by atoms with Crippen LogP contribution in [0.25, 0.3) is 0 Å². The van der Waals surface area contributed by atoms with Crippen LogP contribution >= 0.6 is 0 Å². The molecule has 0 aliphatic carbocycles. The lowest BCUT2D eigenvalue weighted by molar-refractivity contribution is -0.116. The van der Waals surface area contributed by atoms with E-state index in [-0.39, 0.29) is 11.9 Å². The molecule has 1 unspecified atom stereocenters. The number of hydrogen-bond acceptors (Lipinski definition) is 4. The molecule has 0 bridgehead atoms. The summed E-state index contributed by atoms with van der Waals surface area (Å²) < 4.78 is 0. The van der Waals surface area contributed by atoms with E-state index in [0.29, 0.717) is 17.7 Å². The van der Waals surface area contributed by atoms with Crippen LogP contribution in [0.15, 0.2) is 42.9 Å². The molecule has 120 valence electrons. The molecule has 1 amide bonds. The summed E-state index contributed by atoms with van der Waals surface area (Å²) in [5.41, 5.74) is 8.89. The minimum atomic E-state index is -0.0402. The normalized spacial score (nSPS) is 18.7. The summed E-state index contributed by atoms with van der Waals surface area (Å²) in [7, 11) is 0. The number of likely N-dealkylation sites (tertiary alicyclic amines) is 1. The molecule has 1 aromatic rings. The zero-order chi connectivity index (χ0) is 16.8. The quantitative estimate of drug-likeness (QED) is 0.873. The molecule has 5 nitrogen and oxygen atoms in total. The Hall–Kier alpha value is -2.74. The Morgan fingerprint density at radius 1 is 1.61 bits per heavy atom. The fourth-order valence-corrected chi connectivity index (χ4v) is 2.94. The number of nitrogens with one attached hydrogen (secondary N) is 1. The van der Waals surface area contributed by atoms with Crippen LogP contribution in [0.5, 0.6) is 0 Å². The second kappa shape index (κ2) is 7.50. The fourth-order valence-electron chi connectivity index (χ4n) is 2.94. The molecule has 1 aliphatic rings. The number of carbonyl (C=O) groups excluding carboxylic acids is 1. The summed E-state index contributed by atoms with van der Waals surface area (Å²) >= 11 is 0. The molecule has 1 saturated heterocycles. The van der Waals surface area contributed by atoms with Gasteiger partial charge < -0.3 is 16.0 Å². The Labute approximate surface area is 137 Å². The maximum absolute atomic E-state index is 12.0. The highest BCUT2D eigenvalue weighted by atomic mass is 16.1. The van der Waals surface area contributed by atoms with E-state index in [4.69, 9.17) is 11.0 Å². The molecule has 0 spiro atoms. The van der Waals surface area contributed by atoms with Gasteiger partial charge >= 0.3 is 0 Å². The Morgan fingerprint density at radius 2 is 2.39 bits per heavy atom. The molecule has 3 N–H and O–H groups in total. The number of nitrogens with two attached hydrogens (primary N) is 1. The standard InChI is InChI=1S/C18H22N4O/c1-3-5-18(23)21-16-10-13(11-19)6-8-15(16)17-9-7-14(12-20)22(17)4-2/h4,6,8,10,12,17H,2-3,5,7,9,20H2,1H3,(H,21,23)/b14-12-. The van der Waals surface area contributed by atoms with Crippen molar-refractivity contribution in [1.82, 2.24) is 4.90 Å². The number of amides is 1. The number of nitriles is 1. The van der Waals surface area contributed by atoms with E-state index in [2.05, 4.69) is 18.0 Å².